The number of benzene rings is 2. The second-order valence-electron chi connectivity index (χ2n) is 4.40. The molecule has 2 aromatic carbocycles. The monoisotopic (exact) mass is 279 g/mol. The Morgan fingerprint density at radius 1 is 1.00 bits per heavy atom. The smallest absolute Gasteiger partial charge is 0.0999 e. The van der Waals surface area contributed by atoms with Gasteiger partial charge in [-0.3, -0.25) is 0 Å². The largest absolute Gasteiger partial charge is 0.197 e. The minimum Gasteiger partial charge on any atom is -0.197 e. The minimum absolute atomic E-state index is 0.455. The molecule has 1 heterocycles. The molecule has 0 spiro atoms. The first kappa shape index (κ1) is 12.6. The molecule has 0 amide bonds. The van der Waals surface area contributed by atoms with E-state index in [0.717, 1.165) is 22.0 Å². The van der Waals surface area contributed by atoms with Gasteiger partial charge in [0.2, 0.25) is 0 Å². The molecule has 0 aliphatic rings. The highest BCUT2D eigenvalue weighted by Crippen LogP contribution is 2.32. The molecule has 0 aliphatic carbocycles. The van der Waals surface area contributed by atoms with Crippen LogP contribution < -0.4 is 0 Å². The first-order valence-electron chi connectivity index (χ1n) is 6.15. The van der Waals surface area contributed by atoms with E-state index in [1.807, 2.05) is 42.5 Å². The van der Waals surface area contributed by atoms with Crippen LogP contribution in [0, 0.1) is 11.3 Å². The minimum atomic E-state index is -0.455. The van der Waals surface area contributed by atoms with Crippen molar-refractivity contribution in [3.05, 3.63) is 70.9 Å². The number of aromatic nitrogens is 2. The van der Waals surface area contributed by atoms with Gasteiger partial charge in [0, 0.05) is 16.0 Å². The van der Waals surface area contributed by atoms with Gasteiger partial charge >= 0.3 is 0 Å². The van der Waals surface area contributed by atoms with Crippen LogP contribution >= 0.6 is 11.6 Å². The topological polar surface area (TPSA) is 49.6 Å². The highest BCUT2D eigenvalue weighted by molar-refractivity contribution is 6.31. The van der Waals surface area contributed by atoms with Crippen molar-refractivity contribution in [3.63, 3.8) is 0 Å². The molecule has 0 N–H and O–H groups in total. The molecule has 3 nitrogen and oxygen atoms in total. The fourth-order valence-corrected chi connectivity index (χ4v) is 2.52. The zero-order valence-electron chi connectivity index (χ0n) is 10.5. The number of rotatable bonds is 2. The van der Waals surface area contributed by atoms with E-state index < -0.39 is 5.92 Å². The van der Waals surface area contributed by atoms with Crippen molar-refractivity contribution >= 4 is 22.5 Å². The number of nitrogens with zero attached hydrogens (tertiary/aromatic N) is 3. The summed E-state index contributed by atoms with van der Waals surface area (Å²) in [6.07, 6.45) is 1.64. The van der Waals surface area contributed by atoms with Gasteiger partial charge in [0.25, 0.3) is 0 Å². The van der Waals surface area contributed by atoms with Crippen molar-refractivity contribution in [2.24, 2.45) is 0 Å². The summed E-state index contributed by atoms with van der Waals surface area (Å²) >= 11 is 6.21. The second kappa shape index (κ2) is 5.28. The first-order chi connectivity index (χ1) is 9.81. The van der Waals surface area contributed by atoms with Crippen LogP contribution in [-0.2, 0) is 0 Å². The lowest BCUT2D eigenvalue weighted by atomic mass is 9.91. The summed E-state index contributed by atoms with van der Waals surface area (Å²) in [6, 6.07) is 17.4. The van der Waals surface area contributed by atoms with E-state index in [0.29, 0.717) is 5.02 Å². The van der Waals surface area contributed by atoms with Crippen LogP contribution in [0.1, 0.15) is 17.0 Å². The van der Waals surface area contributed by atoms with Gasteiger partial charge in [-0.15, -0.1) is 0 Å². The molecule has 4 heteroatoms. The van der Waals surface area contributed by atoms with Crippen molar-refractivity contribution in [2.75, 3.05) is 0 Å². The molecular formula is C16H10ClN3. The normalized spacial score (nSPS) is 12.0. The molecule has 1 atom stereocenters. The fourth-order valence-electron chi connectivity index (χ4n) is 2.27. The van der Waals surface area contributed by atoms with E-state index >= 15 is 0 Å². The highest BCUT2D eigenvalue weighted by Gasteiger charge is 2.19. The Morgan fingerprint density at radius 2 is 1.75 bits per heavy atom. The van der Waals surface area contributed by atoms with Crippen LogP contribution in [0.4, 0.5) is 0 Å². The molecule has 0 aliphatic heterocycles. The van der Waals surface area contributed by atoms with E-state index in [4.69, 9.17) is 11.6 Å². The maximum atomic E-state index is 9.56. The standard InChI is InChI=1S/C16H10ClN3/c17-15-7-3-1-5-11(15)13(9-18)14-10-19-20-16-8-4-2-6-12(14)16/h1-8,10,13H/t13-/m0/s1. The van der Waals surface area contributed by atoms with Crippen molar-refractivity contribution in [1.82, 2.24) is 10.2 Å². The predicted octanol–water partition coefficient (Wildman–Crippen LogP) is 3.94. The van der Waals surface area contributed by atoms with Gasteiger partial charge < -0.3 is 0 Å². The molecule has 0 fully saturated rings. The number of fused-ring (bicyclic) bond motifs is 1. The number of halogens is 1. The van der Waals surface area contributed by atoms with Crippen molar-refractivity contribution in [1.29, 1.82) is 5.26 Å². The summed E-state index contributed by atoms with van der Waals surface area (Å²) in [5, 5.41) is 19.1. The lowest BCUT2D eigenvalue weighted by Crippen LogP contribution is -2.02. The molecule has 0 radical (unpaired) electrons. The number of hydrogen-bond donors (Lipinski definition) is 0. The Morgan fingerprint density at radius 3 is 2.55 bits per heavy atom. The molecule has 0 saturated carbocycles. The third-order valence-electron chi connectivity index (χ3n) is 3.23. The average Bonchev–Trinajstić information content (AvgIpc) is 2.50. The lowest BCUT2D eigenvalue weighted by molar-refractivity contribution is 0.988. The molecule has 3 rings (SSSR count). The van der Waals surface area contributed by atoms with Gasteiger partial charge in [-0.1, -0.05) is 48.0 Å². The SMILES string of the molecule is N#C[C@@H](c1ccccc1Cl)c1cnnc2ccccc12. The van der Waals surface area contributed by atoms with Gasteiger partial charge in [0.1, 0.15) is 0 Å². The fraction of sp³-hybridized carbons (Fsp3) is 0.0625. The van der Waals surface area contributed by atoms with Crippen LogP contribution in [0.15, 0.2) is 54.7 Å². The molecule has 96 valence electrons. The van der Waals surface area contributed by atoms with Crippen molar-refractivity contribution < 1.29 is 0 Å². The number of nitriles is 1. The van der Waals surface area contributed by atoms with Crippen LogP contribution in [0.2, 0.25) is 5.02 Å². The van der Waals surface area contributed by atoms with Gasteiger partial charge in [0.15, 0.2) is 0 Å². The van der Waals surface area contributed by atoms with E-state index in [2.05, 4.69) is 16.3 Å². The lowest BCUT2D eigenvalue weighted by Gasteiger charge is -2.13. The average molecular weight is 280 g/mol. The van der Waals surface area contributed by atoms with Crippen LogP contribution in [0.3, 0.4) is 0 Å². The van der Waals surface area contributed by atoms with Crippen molar-refractivity contribution in [2.45, 2.75) is 5.92 Å². The second-order valence-corrected chi connectivity index (χ2v) is 4.81. The van der Waals surface area contributed by atoms with E-state index in [-0.39, 0.29) is 0 Å². The third-order valence-corrected chi connectivity index (χ3v) is 3.58. The molecule has 0 bridgehead atoms. The molecule has 20 heavy (non-hydrogen) atoms. The van der Waals surface area contributed by atoms with Crippen LogP contribution in [0.5, 0.6) is 0 Å². The van der Waals surface area contributed by atoms with Crippen LogP contribution in [0.25, 0.3) is 10.9 Å². The van der Waals surface area contributed by atoms with E-state index in [1.165, 1.54) is 0 Å². The molecule has 1 aromatic heterocycles. The van der Waals surface area contributed by atoms with Gasteiger partial charge in [-0.05, 0) is 17.7 Å². The molecule has 0 unspecified atom stereocenters. The summed E-state index contributed by atoms with van der Waals surface area (Å²) in [7, 11) is 0. The summed E-state index contributed by atoms with van der Waals surface area (Å²) in [5.41, 5.74) is 2.39. The number of hydrogen-bond acceptors (Lipinski definition) is 3. The molecule has 3 aromatic rings. The van der Waals surface area contributed by atoms with Gasteiger partial charge in [-0.2, -0.15) is 15.5 Å². The third kappa shape index (κ3) is 2.11. The highest BCUT2D eigenvalue weighted by atomic mass is 35.5. The molecule has 0 saturated heterocycles. The zero-order valence-corrected chi connectivity index (χ0v) is 11.2. The Kier molecular flexibility index (Phi) is 3.32. The maximum absolute atomic E-state index is 9.56. The summed E-state index contributed by atoms with van der Waals surface area (Å²) in [5.74, 6) is -0.455. The quantitative estimate of drug-likeness (QED) is 0.714. The summed E-state index contributed by atoms with van der Waals surface area (Å²) < 4.78 is 0. The Hall–Kier alpha value is -2.44. The Bertz CT molecular complexity index is 803. The maximum Gasteiger partial charge on any atom is 0.0999 e. The zero-order chi connectivity index (χ0) is 13.9. The summed E-state index contributed by atoms with van der Waals surface area (Å²) in [6.45, 7) is 0. The van der Waals surface area contributed by atoms with Gasteiger partial charge in [0.05, 0.1) is 23.7 Å². The van der Waals surface area contributed by atoms with Crippen LogP contribution in [-0.4, -0.2) is 10.2 Å². The molecular weight excluding hydrogens is 270 g/mol. The first-order valence-corrected chi connectivity index (χ1v) is 6.53. The van der Waals surface area contributed by atoms with Crippen molar-refractivity contribution in [3.8, 4) is 6.07 Å². The Balaban J connectivity index is 2.23. The van der Waals surface area contributed by atoms with Gasteiger partial charge in [-0.25, -0.2) is 0 Å². The van der Waals surface area contributed by atoms with E-state index in [1.54, 1.807) is 12.3 Å². The van der Waals surface area contributed by atoms with E-state index in [9.17, 15) is 5.26 Å². The Labute approximate surface area is 121 Å². The summed E-state index contributed by atoms with van der Waals surface area (Å²) in [4.78, 5) is 0. The predicted molar refractivity (Wildman–Crippen MR) is 78.4 cm³/mol.